The minimum atomic E-state index is -0.569. The van der Waals surface area contributed by atoms with E-state index in [1.807, 2.05) is 12.3 Å². The monoisotopic (exact) mass is 268 g/mol. The molecule has 0 saturated carbocycles. The molecule has 0 aliphatic rings. The highest BCUT2D eigenvalue weighted by molar-refractivity contribution is 7.13. The summed E-state index contributed by atoms with van der Waals surface area (Å²) in [6, 6.07) is 3.56. The van der Waals surface area contributed by atoms with E-state index < -0.39 is 11.6 Å². The van der Waals surface area contributed by atoms with Crippen molar-refractivity contribution in [1.82, 2.24) is 10.3 Å². The second-order valence-corrected chi connectivity index (χ2v) is 4.73. The minimum Gasteiger partial charge on any atom is -0.317 e. The summed E-state index contributed by atoms with van der Waals surface area (Å²) in [5.74, 6) is -1.14. The van der Waals surface area contributed by atoms with Crippen molar-refractivity contribution in [1.29, 1.82) is 0 Å². The van der Waals surface area contributed by atoms with E-state index >= 15 is 0 Å². The first-order valence-corrected chi connectivity index (χ1v) is 6.69. The smallest absolute Gasteiger partial charge is 0.136 e. The van der Waals surface area contributed by atoms with Crippen LogP contribution in [0.4, 0.5) is 8.78 Å². The third-order valence-corrected chi connectivity index (χ3v) is 3.45. The van der Waals surface area contributed by atoms with E-state index in [0.29, 0.717) is 10.6 Å². The molecular formula is C13H14F2N2S. The molecule has 1 aromatic heterocycles. The summed E-state index contributed by atoms with van der Waals surface area (Å²) < 4.78 is 26.4. The highest BCUT2D eigenvalue weighted by Gasteiger charge is 2.10. The van der Waals surface area contributed by atoms with Crippen molar-refractivity contribution in [2.75, 3.05) is 13.1 Å². The van der Waals surface area contributed by atoms with E-state index in [2.05, 4.69) is 10.3 Å². The van der Waals surface area contributed by atoms with Gasteiger partial charge in [-0.15, -0.1) is 11.3 Å². The van der Waals surface area contributed by atoms with E-state index in [-0.39, 0.29) is 0 Å². The van der Waals surface area contributed by atoms with Gasteiger partial charge in [-0.3, -0.25) is 0 Å². The molecule has 2 nitrogen and oxygen atoms in total. The number of hydrogen-bond donors (Lipinski definition) is 1. The van der Waals surface area contributed by atoms with Crippen LogP contribution in [0.2, 0.25) is 0 Å². The Morgan fingerprint density at radius 1 is 1.33 bits per heavy atom. The van der Waals surface area contributed by atoms with Gasteiger partial charge in [0.2, 0.25) is 0 Å². The molecule has 18 heavy (non-hydrogen) atoms. The van der Waals surface area contributed by atoms with Gasteiger partial charge in [0, 0.05) is 30.0 Å². The number of aromatic nitrogens is 1. The Labute approximate surface area is 109 Å². The Kier molecular flexibility index (Phi) is 4.38. The zero-order valence-electron chi connectivity index (χ0n) is 10.0. The summed E-state index contributed by atoms with van der Waals surface area (Å²) in [6.45, 7) is 3.82. The predicted octanol–water partition coefficient (Wildman–Crippen LogP) is 3.24. The number of halogens is 2. The van der Waals surface area contributed by atoms with Crippen molar-refractivity contribution in [3.05, 3.63) is 40.9 Å². The fraction of sp³-hybridized carbons (Fsp3) is 0.308. The molecule has 1 N–H and O–H groups in total. The lowest BCUT2D eigenvalue weighted by Crippen LogP contribution is -2.16. The zero-order chi connectivity index (χ0) is 13.0. The van der Waals surface area contributed by atoms with Gasteiger partial charge in [-0.25, -0.2) is 13.8 Å². The van der Waals surface area contributed by atoms with Gasteiger partial charge in [0.1, 0.15) is 16.6 Å². The fourth-order valence-electron chi connectivity index (χ4n) is 1.60. The second kappa shape index (κ2) is 6.02. The number of thiazole rings is 1. The van der Waals surface area contributed by atoms with Crippen LogP contribution in [-0.2, 0) is 6.42 Å². The lowest BCUT2D eigenvalue weighted by molar-refractivity contribution is 0.585. The van der Waals surface area contributed by atoms with Crippen molar-refractivity contribution in [2.45, 2.75) is 13.3 Å². The summed E-state index contributed by atoms with van der Waals surface area (Å²) in [5.41, 5.74) is 1.29. The zero-order valence-corrected chi connectivity index (χ0v) is 10.9. The number of rotatable bonds is 5. The topological polar surface area (TPSA) is 24.9 Å². The number of nitrogens with zero attached hydrogens (tertiary/aromatic N) is 1. The standard InChI is InChI=1S/C13H14F2N2S/c1-2-16-6-5-10-8-18-13(17-10)11-4-3-9(14)7-12(11)15/h3-4,7-8,16H,2,5-6H2,1H3. The maximum Gasteiger partial charge on any atom is 0.136 e. The van der Waals surface area contributed by atoms with Crippen molar-refractivity contribution < 1.29 is 8.78 Å². The summed E-state index contributed by atoms with van der Waals surface area (Å²) in [6.07, 6.45) is 0.813. The molecule has 96 valence electrons. The Morgan fingerprint density at radius 2 is 2.17 bits per heavy atom. The maximum atomic E-state index is 13.6. The number of nitrogens with one attached hydrogen (secondary N) is 1. The lowest BCUT2D eigenvalue weighted by Gasteiger charge is -1.99. The summed E-state index contributed by atoms with van der Waals surface area (Å²) in [4.78, 5) is 4.36. The number of benzene rings is 1. The van der Waals surface area contributed by atoms with Gasteiger partial charge < -0.3 is 5.32 Å². The molecule has 0 unspecified atom stereocenters. The summed E-state index contributed by atoms with van der Waals surface area (Å²) in [7, 11) is 0. The quantitative estimate of drug-likeness (QED) is 0.842. The Balaban J connectivity index is 2.13. The van der Waals surface area contributed by atoms with Crippen LogP contribution >= 0.6 is 11.3 Å². The minimum absolute atomic E-state index is 0.358. The van der Waals surface area contributed by atoms with Gasteiger partial charge in [0.15, 0.2) is 0 Å². The molecule has 2 aromatic rings. The third-order valence-electron chi connectivity index (χ3n) is 2.52. The van der Waals surface area contributed by atoms with Crippen molar-refractivity contribution >= 4 is 11.3 Å². The second-order valence-electron chi connectivity index (χ2n) is 3.87. The molecule has 0 aliphatic carbocycles. The van der Waals surface area contributed by atoms with Gasteiger partial charge in [-0.05, 0) is 18.7 Å². The number of likely N-dealkylation sites (N-methyl/N-ethyl adjacent to an activating group) is 1. The van der Waals surface area contributed by atoms with Crippen LogP contribution in [0, 0.1) is 11.6 Å². The molecular weight excluding hydrogens is 254 g/mol. The molecule has 1 heterocycles. The predicted molar refractivity (Wildman–Crippen MR) is 69.7 cm³/mol. The molecule has 2 rings (SSSR count). The normalized spacial score (nSPS) is 10.8. The van der Waals surface area contributed by atoms with E-state index in [1.54, 1.807) is 0 Å². The van der Waals surface area contributed by atoms with Crippen LogP contribution < -0.4 is 5.32 Å². The molecule has 0 spiro atoms. The highest BCUT2D eigenvalue weighted by Crippen LogP contribution is 2.26. The molecule has 0 radical (unpaired) electrons. The van der Waals surface area contributed by atoms with Gasteiger partial charge in [-0.2, -0.15) is 0 Å². The van der Waals surface area contributed by atoms with E-state index in [1.165, 1.54) is 23.5 Å². The molecule has 5 heteroatoms. The Hall–Kier alpha value is -1.33. The van der Waals surface area contributed by atoms with Crippen LogP contribution in [0.15, 0.2) is 23.6 Å². The first-order chi connectivity index (χ1) is 8.70. The fourth-order valence-corrected chi connectivity index (χ4v) is 2.48. The molecule has 0 amide bonds. The molecule has 0 bridgehead atoms. The van der Waals surface area contributed by atoms with Crippen LogP contribution in [0.5, 0.6) is 0 Å². The first kappa shape index (κ1) is 13.1. The average molecular weight is 268 g/mol. The lowest BCUT2D eigenvalue weighted by atomic mass is 10.2. The number of hydrogen-bond acceptors (Lipinski definition) is 3. The van der Waals surface area contributed by atoms with E-state index in [0.717, 1.165) is 31.3 Å². The maximum absolute atomic E-state index is 13.6. The molecule has 0 aliphatic heterocycles. The van der Waals surface area contributed by atoms with Gasteiger partial charge >= 0.3 is 0 Å². The van der Waals surface area contributed by atoms with Gasteiger partial charge in [0.05, 0.1) is 5.69 Å². The van der Waals surface area contributed by atoms with Crippen LogP contribution in [-0.4, -0.2) is 18.1 Å². The SMILES string of the molecule is CCNCCc1csc(-c2ccc(F)cc2F)n1. The van der Waals surface area contributed by atoms with E-state index in [9.17, 15) is 8.78 Å². The average Bonchev–Trinajstić information content (AvgIpc) is 2.78. The van der Waals surface area contributed by atoms with Crippen molar-refractivity contribution in [3.8, 4) is 10.6 Å². The van der Waals surface area contributed by atoms with Gasteiger partial charge in [-0.1, -0.05) is 6.92 Å². The van der Waals surface area contributed by atoms with Gasteiger partial charge in [0.25, 0.3) is 0 Å². The van der Waals surface area contributed by atoms with Crippen molar-refractivity contribution in [2.24, 2.45) is 0 Å². The summed E-state index contributed by atoms with van der Waals surface area (Å²) in [5, 5.41) is 5.71. The summed E-state index contributed by atoms with van der Waals surface area (Å²) >= 11 is 1.38. The molecule has 0 fully saturated rings. The first-order valence-electron chi connectivity index (χ1n) is 5.81. The van der Waals surface area contributed by atoms with Crippen LogP contribution in [0.25, 0.3) is 10.6 Å². The van der Waals surface area contributed by atoms with Crippen molar-refractivity contribution in [3.63, 3.8) is 0 Å². The van der Waals surface area contributed by atoms with Crippen LogP contribution in [0.1, 0.15) is 12.6 Å². The molecule has 1 aromatic carbocycles. The highest BCUT2D eigenvalue weighted by atomic mass is 32.1. The third kappa shape index (κ3) is 3.11. The Bertz CT molecular complexity index is 525. The van der Waals surface area contributed by atoms with E-state index in [4.69, 9.17) is 0 Å². The largest absolute Gasteiger partial charge is 0.317 e. The Morgan fingerprint density at radius 3 is 2.89 bits per heavy atom. The molecule has 0 atom stereocenters. The van der Waals surface area contributed by atoms with Crippen LogP contribution in [0.3, 0.4) is 0 Å². The molecule has 0 saturated heterocycles.